The summed E-state index contributed by atoms with van der Waals surface area (Å²) >= 11 is 1.53. The fourth-order valence-corrected chi connectivity index (χ4v) is 2.56. The van der Waals surface area contributed by atoms with E-state index in [1.54, 1.807) is 26.0 Å². The third kappa shape index (κ3) is 6.15. The van der Waals surface area contributed by atoms with Crippen LogP contribution in [-0.2, 0) is 9.59 Å². The molecule has 2 aromatic rings. The maximum absolute atomic E-state index is 11.7. The van der Waals surface area contributed by atoms with Gasteiger partial charge in [-0.25, -0.2) is 0 Å². The maximum Gasteiger partial charge on any atom is 0.226 e. The molecule has 2 rings (SSSR count). The summed E-state index contributed by atoms with van der Waals surface area (Å²) in [6.45, 7) is 3.51. The van der Waals surface area contributed by atoms with E-state index < -0.39 is 0 Å². The van der Waals surface area contributed by atoms with E-state index in [1.807, 2.05) is 0 Å². The molecule has 2 N–H and O–H groups in total. The summed E-state index contributed by atoms with van der Waals surface area (Å²) in [5.74, 6) is 3.10. The van der Waals surface area contributed by atoms with Crippen molar-refractivity contribution in [2.75, 3.05) is 22.1 Å². The molecule has 0 radical (unpaired) electrons. The third-order valence-electron chi connectivity index (χ3n) is 2.74. The first-order chi connectivity index (χ1) is 11.0. The Bertz CT molecular complexity index is 611. The molecular weight excluding hydrogens is 320 g/mol. The van der Waals surface area contributed by atoms with Crippen molar-refractivity contribution in [1.82, 2.24) is 10.3 Å². The first kappa shape index (κ1) is 17.1. The first-order valence-electron chi connectivity index (χ1n) is 7.07. The van der Waals surface area contributed by atoms with Gasteiger partial charge in [0.05, 0.1) is 0 Å². The molecule has 8 nitrogen and oxygen atoms in total. The molecular formula is C14H18N4O4S. The van der Waals surface area contributed by atoms with Gasteiger partial charge in [0.1, 0.15) is 11.5 Å². The minimum Gasteiger partial charge on any atom is -0.360 e. The number of aromatic nitrogens is 2. The molecule has 0 unspecified atom stereocenters. The van der Waals surface area contributed by atoms with E-state index in [1.165, 1.54) is 11.8 Å². The van der Waals surface area contributed by atoms with Gasteiger partial charge in [0.15, 0.2) is 11.6 Å². The third-order valence-corrected chi connectivity index (χ3v) is 3.72. The van der Waals surface area contributed by atoms with Crippen LogP contribution >= 0.6 is 11.8 Å². The van der Waals surface area contributed by atoms with Crippen LogP contribution < -0.4 is 10.6 Å². The monoisotopic (exact) mass is 338 g/mol. The van der Waals surface area contributed by atoms with Crippen LogP contribution in [0.25, 0.3) is 0 Å². The van der Waals surface area contributed by atoms with E-state index in [-0.39, 0.29) is 11.8 Å². The molecule has 0 spiro atoms. The van der Waals surface area contributed by atoms with Crippen LogP contribution in [0.15, 0.2) is 21.2 Å². The van der Waals surface area contributed by atoms with Gasteiger partial charge in [0, 0.05) is 36.5 Å². The molecule has 0 fully saturated rings. The molecule has 2 heterocycles. The zero-order chi connectivity index (χ0) is 16.7. The number of hydrogen-bond acceptors (Lipinski definition) is 7. The fraction of sp³-hybridized carbons (Fsp3) is 0.429. The molecule has 0 bridgehead atoms. The number of rotatable bonds is 8. The fourth-order valence-electron chi connectivity index (χ4n) is 1.69. The highest BCUT2D eigenvalue weighted by Gasteiger charge is 2.08. The Kier molecular flexibility index (Phi) is 6.21. The predicted molar refractivity (Wildman–Crippen MR) is 86.3 cm³/mol. The lowest BCUT2D eigenvalue weighted by Crippen LogP contribution is -2.14. The van der Waals surface area contributed by atoms with Crippen LogP contribution in [0.5, 0.6) is 0 Å². The van der Waals surface area contributed by atoms with Crippen molar-refractivity contribution in [3.63, 3.8) is 0 Å². The molecule has 0 aromatic carbocycles. The van der Waals surface area contributed by atoms with Crippen molar-refractivity contribution in [3.8, 4) is 0 Å². The number of carbonyl (C=O) groups excluding carboxylic acids is 2. The van der Waals surface area contributed by atoms with E-state index in [9.17, 15) is 9.59 Å². The Morgan fingerprint density at radius 2 is 1.39 bits per heavy atom. The minimum absolute atomic E-state index is 0.131. The smallest absolute Gasteiger partial charge is 0.226 e. The lowest BCUT2D eigenvalue weighted by molar-refractivity contribution is -0.116. The van der Waals surface area contributed by atoms with Crippen molar-refractivity contribution in [1.29, 1.82) is 0 Å². The van der Waals surface area contributed by atoms with Crippen molar-refractivity contribution < 1.29 is 18.6 Å². The zero-order valence-electron chi connectivity index (χ0n) is 12.9. The van der Waals surface area contributed by atoms with E-state index in [0.717, 1.165) is 0 Å². The molecule has 23 heavy (non-hydrogen) atoms. The molecule has 0 aliphatic carbocycles. The summed E-state index contributed by atoms with van der Waals surface area (Å²) in [5.41, 5.74) is 0. The molecule has 0 aliphatic rings. The van der Waals surface area contributed by atoms with Crippen LogP contribution in [0.4, 0.5) is 11.6 Å². The number of amides is 2. The second kappa shape index (κ2) is 8.37. The standard InChI is InChI=1S/C14H18N4O4S/c1-9-7-11(17-21-9)15-13(19)3-5-23-6-4-14(20)16-12-8-10(2)22-18-12/h7-8H,3-6H2,1-2H3,(H,15,17,19)(H,16,18,20). The normalized spacial score (nSPS) is 10.5. The predicted octanol–water partition coefficient (Wildman–Crippen LogP) is 2.37. The van der Waals surface area contributed by atoms with Crippen molar-refractivity contribution in [3.05, 3.63) is 23.7 Å². The Morgan fingerprint density at radius 1 is 0.957 bits per heavy atom. The number of aryl methyl sites for hydroxylation is 2. The quantitative estimate of drug-likeness (QED) is 0.711. The van der Waals surface area contributed by atoms with Gasteiger partial charge in [-0.15, -0.1) is 0 Å². The maximum atomic E-state index is 11.7. The first-order valence-corrected chi connectivity index (χ1v) is 8.22. The second-order valence-electron chi connectivity index (χ2n) is 4.85. The number of nitrogens with zero attached hydrogens (tertiary/aromatic N) is 2. The SMILES string of the molecule is Cc1cc(NC(=O)CCSCCC(=O)Nc2cc(C)on2)no1. The van der Waals surface area contributed by atoms with E-state index in [2.05, 4.69) is 20.9 Å². The number of anilines is 2. The van der Waals surface area contributed by atoms with Crippen LogP contribution in [0.1, 0.15) is 24.4 Å². The van der Waals surface area contributed by atoms with Gasteiger partial charge in [0.25, 0.3) is 0 Å². The summed E-state index contributed by atoms with van der Waals surface area (Å²) in [6.07, 6.45) is 0.696. The van der Waals surface area contributed by atoms with Gasteiger partial charge in [-0.2, -0.15) is 11.8 Å². The van der Waals surface area contributed by atoms with Crippen LogP contribution in [0, 0.1) is 13.8 Å². The Labute approximate surface area is 137 Å². The molecule has 124 valence electrons. The van der Waals surface area contributed by atoms with Crippen molar-refractivity contribution in [2.45, 2.75) is 26.7 Å². The summed E-state index contributed by atoms with van der Waals surface area (Å²) in [4.78, 5) is 23.3. The molecule has 0 aliphatic heterocycles. The Hall–Kier alpha value is -2.29. The zero-order valence-corrected chi connectivity index (χ0v) is 13.7. The number of hydrogen-bond donors (Lipinski definition) is 2. The van der Waals surface area contributed by atoms with Crippen molar-refractivity contribution >= 4 is 35.2 Å². The average molecular weight is 338 g/mol. The lowest BCUT2D eigenvalue weighted by atomic mass is 10.4. The molecule has 0 saturated heterocycles. The Morgan fingerprint density at radius 3 is 1.74 bits per heavy atom. The van der Waals surface area contributed by atoms with E-state index in [0.29, 0.717) is 47.5 Å². The van der Waals surface area contributed by atoms with E-state index >= 15 is 0 Å². The average Bonchev–Trinajstić information content (AvgIpc) is 3.07. The van der Waals surface area contributed by atoms with Gasteiger partial charge < -0.3 is 19.7 Å². The largest absolute Gasteiger partial charge is 0.360 e. The van der Waals surface area contributed by atoms with Gasteiger partial charge in [-0.3, -0.25) is 9.59 Å². The van der Waals surface area contributed by atoms with Crippen LogP contribution in [0.2, 0.25) is 0 Å². The van der Waals surface area contributed by atoms with Gasteiger partial charge >= 0.3 is 0 Å². The van der Waals surface area contributed by atoms with E-state index in [4.69, 9.17) is 9.05 Å². The lowest BCUT2D eigenvalue weighted by Gasteiger charge is -2.02. The number of nitrogens with one attached hydrogen (secondary N) is 2. The number of thioether (sulfide) groups is 1. The van der Waals surface area contributed by atoms with Gasteiger partial charge in [-0.1, -0.05) is 10.3 Å². The number of carbonyl (C=O) groups is 2. The molecule has 2 amide bonds. The highest BCUT2D eigenvalue weighted by molar-refractivity contribution is 7.99. The summed E-state index contributed by atoms with van der Waals surface area (Å²) < 4.78 is 9.72. The van der Waals surface area contributed by atoms with Crippen LogP contribution in [0.3, 0.4) is 0 Å². The van der Waals surface area contributed by atoms with Crippen LogP contribution in [-0.4, -0.2) is 33.6 Å². The summed E-state index contributed by atoms with van der Waals surface area (Å²) in [7, 11) is 0. The van der Waals surface area contributed by atoms with Crippen molar-refractivity contribution in [2.24, 2.45) is 0 Å². The highest BCUT2D eigenvalue weighted by atomic mass is 32.2. The van der Waals surface area contributed by atoms with Gasteiger partial charge in [0.2, 0.25) is 11.8 Å². The molecule has 0 saturated carbocycles. The molecule has 2 aromatic heterocycles. The second-order valence-corrected chi connectivity index (χ2v) is 6.08. The highest BCUT2D eigenvalue weighted by Crippen LogP contribution is 2.11. The summed E-state index contributed by atoms with van der Waals surface area (Å²) in [6, 6.07) is 3.31. The van der Waals surface area contributed by atoms with Gasteiger partial charge in [-0.05, 0) is 13.8 Å². The molecule has 0 atom stereocenters. The Balaban J connectivity index is 1.55. The topological polar surface area (TPSA) is 110 Å². The summed E-state index contributed by atoms with van der Waals surface area (Å²) in [5, 5.41) is 12.7. The minimum atomic E-state index is -0.131. The molecule has 9 heteroatoms.